The molecule has 0 saturated heterocycles. The zero-order valence-electron chi connectivity index (χ0n) is 21.5. The number of benzene rings is 2. The third-order valence-electron chi connectivity index (χ3n) is 6.07. The molecule has 2 aromatic carbocycles. The summed E-state index contributed by atoms with van der Waals surface area (Å²) in [6.45, 7) is 12.9. The zero-order valence-corrected chi connectivity index (χ0v) is 21.5. The monoisotopic (exact) mass is 492 g/mol. The number of hydrogen-bond donors (Lipinski definition) is 1. The summed E-state index contributed by atoms with van der Waals surface area (Å²) in [5, 5.41) is 10.5. The van der Waals surface area contributed by atoms with E-state index >= 15 is 0 Å². The molecule has 0 spiro atoms. The molecule has 0 radical (unpaired) electrons. The van der Waals surface area contributed by atoms with Crippen molar-refractivity contribution in [2.24, 2.45) is 0 Å². The summed E-state index contributed by atoms with van der Waals surface area (Å²) >= 11 is 0. The van der Waals surface area contributed by atoms with Crippen molar-refractivity contribution in [2.45, 2.75) is 59.5 Å². The van der Waals surface area contributed by atoms with Gasteiger partial charge in [-0.05, 0) is 62.6 Å². The number of nitrogens with zero attached hydrogens (tertiary/aromatic N) is 2. The molecule has 4 rings (SSSR count). The van der Waals surface area contributed by atoms with Gasteiger partial charge in [-0.15, -0.1) is 0 Å². The summed E-state index contributed by atoms with van der Waals surface area (Å²) in [5.74, 6) is -0.915. The molecule has 5 nitrogen and oxygen atoms in total. The molecule has 0 aliphatic heterocycles. The van der Waals surface area contributed by atoms with Crippen molar-refractivity contribution in [2.75, 3.05) is 0 Å². The lowest BCUT2D eigenvalue weighted by molar-refractivity contribution is 0.0785. The SMILES string of the molecule is Cc1cc(C(C)(C)O)cc(C)c1-n1cc(-c2nc(C(C)(C)C)oc2-c2ccc(F)cc2F)ccc1=O. The van der Waals surface area contributed by atoms with Crippen molar-refractivity contribution < 1.29 is 18.3 Å². The van der Waals surface area contributed by atoms with Gasteiger partial charge < -0.3 is 9.52 Å². The summed E-state index contributed by atoms with van der Waals surface area (Å²) in [6, 6.07) is 10.0. The number of pyridine rings is 1. The quantitative estimate of drug-likeness (QED) is 0.349. The average Bonchev–Trinajstić information content (AvgIpc) is 3.19. The molecule has 1 N–H and O–H groups in total. The highest BCUT2D eigenvalue weighted by molar-refractivity contribution is 5.77. The first kappa shape index (κ1) is 25.5. The van der Waals surface area contributed by atoms with Crippen molar-refractivity contribution >= 4 is 0 Å². The standard InChI is InChI=1S/C29H30F2N2O3/c1-16-12-19(29(6,7)35)13-17(2)25(16)33-15-18(8-11-23(33)34)24-26(36-27(32-24)28(3,4)5)21-10-9-20(30)14-22(21)31/h8-15,35H,1-7H3. The number of aromatic nitrogens is 2. The smallest absolute Gasteiger partial charge is 0.255 e. The van der Waals surface area contributed by atoms with Crippen LogP contribution in [0.15, 0.2) is 57.9 Å². The molecule has 0 aliphatic carbocycles. The van der Waals surface area contributed by atoms with Gasteiger partial charge in [-0.2, -0.15) is 0 Å². The first-order chi connectivity index (χ1) is 16.7. The van der Waals surface area contributed by atoms with Crippen LogP contribution in [0.2, 0.25) is 0 Å². The van der Waals surface area contributed by atoms with Crippen LogP contribution >= 0.6 is 0 Å². The van der Waals surface area contributed by atoms with E-state index in [0.717, 1.165) is 22.8 Å². The van der Waals surface area contributed by atoms with Gasteiger partial charge >= 0.3 is 0 Å². The molecule has 0 amide bonds. The molecule has 0 fully saturated rings. The molecule has 0 bridgehead atoms. The molecule has 36 heavy (non-hydrogen) atoms. The zero-order chi connectivity index (χ0) is 26.6. The molecule has 188 valence electrons. The van der Waals surface area contributed by atoms with Crippen molar-refractivity contribution in [1.29, 1.82) is 0 Å². The van der Waals surface area contributed by atoms with E-state index in [4.69, 9.17) is 4.42 Å². The molecule has 0 saturated carbocycles. The van der Waals surface area contributed by atoms with Gasteiger partial charge in [0.25, 0.3) is 5.56 Å². The number of rotatable bonds is 4. The van der Waals surface area contributed by atoms with E-state index in [2.05, 4.69) is 4.98 Å². The van der Waals surface area contributed by atoms with E-state index in [9.17, 15) is 18.7 Å². The maximum absolute atomic E-state index is 14.8. The van der Waals surface area contributed by atoms with Crippen LogP contribution in [0.5, 0.6) is 0 Å². The molecular formula is C29H30F2N2O3. The largest absolute Gasteiger partial charge is 0.439 e. The van der Waals surface area contributed by atoms with Crippen LogP contribution in [0.3, 0.4) is 0 Å². The van der Waals surface area contributed by atoms with Gasteiger partial charge in [-0.1, -0.05) is 32.9 Å². The second-order valence-electron chi connectivity index (χ2n) is 10.7. The Morgan fingerprint density at radius 3 is 2.14 bits per heavy atom. The highest BCUT2D eigenvalue weighted by atomic mass is 19.1. The first-order valence-corrected chi connectivity index (χ1v) is 11.7. The predicted molar refractivity (Wildman–Crippen MR) is 136 cm³/mol. The lowest BCUT2D eigenvalue weighted by atomic mass is 9.93. The Kier molecular flexibility index (Phi) is 6.25. The summed E-state index contributed by atoms with van der Waals surface area (Å²) in [7, 11) is 0. The lowest BCUT2D eigenvalue weighted by Crippen LogP contribution is -2.21. The van der Waals surface area contributed by atoms with Crippen LogP contribution < -0.4 is 5.56 Å². The van der Waals surface area contributed by atoms with Crippen molar-refractivity contribution in [3.8, 4) is 28.3 Å². The normalized spacial score (nSPS) is 12.3. The Hall–Kier alpha value is -3.58. The molecule has 2 aromatic heterocycles. The van der Waals surface area contributed by atoms with Gasteiger partial charge in [0, 0.05) is 29.3 Å². The van der Waals surface area contributed by atoms with Crippen molar-refractivity contribution in [3.63, 3.8) is 0 Å². The summed E-state index contributed by atoms with van der Waals surface area (Å²) in [5.41, 5.74) is 2.26. The van der Waals surface area contributed by atoms with Gasteiger partial charge in [-0.3, -0.25) is 9.36 Å². The highest BCUT2D eigenvalue weighted by Gasteiger charge is 2.27. The molecule has 7 heteroatoms. The molecule has 0 unspecified atom stereocenters. The van der Waals surface area contributed by atoms with Crippen LogP contribution in [0.4, 0.5) is 8.78 Å². The minimum atomic E-state index is -1.03. The second kappa shape index (κ2) is 8.82. The van der Waals surface area contributed by atoms with Gasteiger partial charge in [0.2, 0.25) is 5.89 Å². The van der Waals surface area contributed by atoms with Crippen LogP contribution in [-0.4, -0.2) is 14.7 Å². The van der Waals surface area contributed by atoms with Crippen molar-refractivity contribution in [3.05, 3.63) is 93.2 Å². The molecule has 0 aliphatic rings. The summed E-state index contributed by atoms with van der Waals surface area (Å²) in [6.07, 6.45) is 1.65. The third-order valence-corrected chi connectivity index (χ3v) is 6.07. The van der Waals surface area contributed by atoms with E-state index in [-0.39, 0.29) is 16.9 Å². The lowest BCUT2D eigenvalue weighted by Gasteiger charge is -2.22. The maximum Gasteiger partial charge on any atom is 0.255 e. The topological polar surface area (TPSA) is 68.3 Å². The minimum absolute atomic E-state index is 0.0778. The number of aliphatic hydroxyl groups is 1. The van der Waals surface area contributed by atoms with Gasteiger partial charge in [0.05, 0.1) is 16.9 Å². The van der Waals surface area contributed by atoms with Crippen LogP contribution in [0.25, 0.3) is 28.3 Å². The summed E-state index contributed by atoms with van der Waals surface area (Å²) < 4.78 is 35.9. The van der Waals surface area contributed by atoms with Crippen molar-refractivity contribution in [1.82, 2.24) is 9.55 Å². The van der Waals surface area contributed by atoms with E-state index < -0.39 is 22.7 Å². The highest BCUT2D eigenvalue weighted by Crippen LogP contribution is 2.37. The number of hydrogen-bond acceptors (Lipinski definition) is 4. The summed E-state index contributed by atoms with van der Waals surface area (Å²) in [4.78, 5) is 17.6. The number of halogens is 2. The number of aryl methyl sites for hydroxylation is 2. The van der Waals surface area contributed by atoms with Crippen LogP contribution in [-0.2, 0) is 11.0 Å². The van der Waals surface area contributed by atoms with Gasteiger partial charge in [0.15, 0.2) is 5.76 Å². The Bertz CT molecular complexity index is 1500. The molecule has 2 heterocycles. The average molecular weight is 493 g/mol. The van der Waals surface area contributed by atoms with Crippen LogP contribution in [0.1, 0.15) is 57.2 Å². The van der Waals surface area contributed by atoms with Gasteiger partial charge in [-0.25, -0.2) is 13.8 Å². The molecule has 4 aromatic rings. The number of oxazole rings is 1. The Balaban J connectivity index is 1.95. The Morgan fingerprint density at radius 2 is 1.58 bits per heavy atom. The predicted octanol–water partition coefficient (Wildman–Crippen LogP) is 6.58. The van der Waals surface area contributed by atoms with E-state index in [1.54, 1.807) is 26.1 Å². The van der Waals surface area contributed by atoms with E-state index in [1.165, 1.54) is 22.8 Å². The first-order valence-electron chi connectivity index (χ1n) is 11.7. The Morgan fingerprint density at radius 1 is 0.944 bits per heavy atom. The minimum Gasteiger partial charge on any atom is -0.439 e. The van der Waals surface area contributed by atoms with Crippen LogP contribution in [0, 0.1) is 25.5 Å². The fourth-order valence-corrected chi connectivity index (χ4v) is 4.18. The second-order valence-corrected chi connectivity index (χ2v) is 10.7. The maximum atomic E-state index is 14.8. The van der Waals surface area contributed by atoms with E-state index in [1.807, 2.05) is 46.8 Å². The third kappa shape index (κ3) is 4.75. The Labute approximate surface area is 209 Å². The molecule has 0 atom stereocenters. The fraction of sp³-hybridized carbons (Fsp3) is 0.310. The fourth-order valence-electron chi connectivity index (χ4n) is 4.18. The van der Waals surface area contributed by atoms with E-state index in [0.29, 0.717) is 22.8 Å². The van der Waals surface area contributed by atoms with Gasteiger partial charge in [0.1, 0.15) is 17.3 Å². The molecular weight excluding hydrogens is 462 g/mol.